The monoisotopic (exact) mass is 192 g/mol. The second kappa shape index (κ2) is 1.81. The van der Waals surface area contributed by atoms with Crippen LogP contribution in [0.4, 0.5) is 0 Å². The van der Waals surface area contributed by atoms with Crippen LogP contribution in [0.5, 0.6) is 0 Å². The lowest BCUT2D eigenvalue weighted by Crippen LogP contribution is -2.38. The first kappa shape index (κ1) is 8.15. The van der Waals surface area contributed by atoms with Gasteiger partial charge in [-0.1, -0.05) is 13.8 Å². The van der Waals surface area contributed by atoms with Gasteiger partial charge in [-0.25, -0.2) is 0 Å². The van der Waals surface area contributed by atoms with Gasteiger partial charge in [-0.15, -0.1) is 0 Å². The molecule has 5 atom stereocenters. The Balaban J connectivity index is 1.84. The molecule has 1 heteroatoms. The molecule has 0 aliphatic heterocycles. The van der Waals surface area contributed by atoms with E-state index >= 15 is 0 Å². The summed E-state index contributed by atoms with van der Waals surface area (Å²) < 4.78 is 6.00. The second-order valence-electron chi connectivity index (χ2n) is 6.97. The highest BCUT2D eigenvalue weighted by molar-refractivity contribution is 5.35. The molecule has 0 heterocycles. The van der Waals surface area contributed by atoms with Crippen molar-refractivity contribution in [2.45, 2.75) is 45.1 Å². The highest BCUT2D eigenvalue weighted by atomic mass is 16.5. The minimum Gasteiger partial charge on any atom is -0.378 e. The van der Waals surface area contributed by atoms with Crippen molar-refractivity contribution < 1.29 is 4.74 Å². The van der Waals surface area contributed by atoms with Crippen LogP contribution in [0.1, 0.15) is 39.5 Å². The first-order chi connectivity index (χ1) is 6.56. The van der Waals surface area contributed by atoms with E-state index in [2.05, 4.69) is 13.8 Å². The van der Waals surface area contributed by atoms with Gasteiger partial charge in [0.2, 0.25) is 0 Å². The SMILES string of the molecule is CO[C@@]12C[C@@H]3C[C@@H]3[C@@]13C[C@H]3C(C)(C)C2. The average Bonchev–Trinajstić information content (AvgIpc) is 2.91. The molecule has 0 unspecified atom stereocenters. The quantitative estimate of drug-likeness (QED) is 0.620. The van der Waals surface area contributed by atoms with Gasteiger partial charge in [0.15, 0.2) is 0 Å². The average molecular weight is 192 g/mol. The summed E-state index contributed by atoms with van der Waals surface area (Å²) in [6.07, 6.45) is 5.72. The zero-order chi connectivity index (χ0) is 9.77. The summed E-state index contributed by atoms with van der Waals surface area (Å²) in [5.74, 6) is 3.11. The van der Waals surface area contributed by atoms with E-state index in [1.807, 2.05) is 7.11 Å². The molecule has 4 rings (SSSR count). The maximum atomic E-state index is 6.00. The van der Waals surface area contributed by atoms with Gasteiger partial charge in [0.05, 0.1) is 5.60 Å². The lowest BCUT2D eigenvalue weighted by atomic mass is 9.80. The number of hydrogen-bond acceptors (Lipinski definition) is 1. The minimum absolute atomic E-state index is 0.314. The maximum Gasteiger partial charge on any atom is 0.0748 e. The van der Waals surface area contributed by atoms with Crippen molar-refractivity contribution >= 4 is 0 Å². The summed E-state index contributed by atoms with van der Waals surface area (Å²) in [7, 11) is 1.96. The molecule has 0 aromatic carbocycles. The molecule has 1 spiro atoms. The Bertz CT molecular complexity index is 321. The highest BCUT2D eigenvalue weighted by Crippen LogP contribution is 2.88. The predicted octanol–water partition coefficient (Wildman–Crippen LogP) is 2.85. The number of methoxy groups -OCH3 is 1. The van der Waals surface area contributed by atoms with Gasteiger partial charge in [-0.3, -0.25) is 0 Å². The molecule has 0 N–H and O–H groups in total. The normalized spacial score (nSPS) is 65.8. The summed E-state index contributed by atoms with van der Waals surface area (Å²) in [5.41, 5.74) is 1.54. The molecule has 0 saturated heterocycles. The van der Waals surface area contributed by atoms with E-state index in [1.165, 1.54) is 25.7 Å². The van der Waals surface area contributed by atoms with Crippen LogP contribution in [-0.4, -0.2) is 12.7 Å². The van der Waals surface area contributed by atoms with Crippen LogP contribution in [0.2, 0.25) is 0 Å². The Labute approximate surface area is 86.2 Å². The standard InChI is InChI=1S/C13H20O/c1-11(2)7-12(14-3)5-8-4-9(8)13(12)6-10(11)13/h8-10H,4-7H2,1-3H3/t8-,9-,10-,12+,13+/m0/s1. The van der Waals surface area contributed by atoms with Gasteiger partial charge in [0, 0.05) is 12.5 Å². The molecular formula is C13H20O. The van der Waals surface area contributed by atoms with Crippen molar-refractivity contribution in [3.05, 3.63) is 0 Å². The maximum absolute atomic E-state index is 6.00. The largest absolute Gasteiger partial charge is 0.378 e. The third-order valence-corrected chi connectivity index (χ3v) is 6.10. The van der Waals surface area contributed by atoms with Crippen LogP contribution in [-0.2, 0) is 4.74 Å². The molecule has 4 aliphatic rings. The van der Waals surface area contributed by atoms with E-state index in [-0.39, 0.29) is 0 Å². The Morgan fingerprint density at radius 1 is 1.21 bits per heavy atom. The molecule has 0 amide bonds. The van der Waals surface area contributed by atoms with Gasteiger partial charge in [-0.2, -0.15) is 0 Å². The van der Waals surface area contributed by atoms with Crippen molar-refractivity contribution in [1.29, 1.82) is 0 Å². The molecule has 0 bridgehead atoms. The Morgan fingerprint density at radius 2 is 2.00 bits per heavy atom. The first-order valence-electron chi connectivity index (χ1n) is 6.11. The van der Waals surface area contributed by atoms with Crippen LogP contribution >= 0.6 is 0 Å². The van der Waals surface area contributed by atoms with Crippen molar-refractivity contribution in [3.63, 3.8) is 0 Å². The van der Waals surface area contributed by atoms with Crippen LogP contribution in [0, 0.1) is 28.6 Å². The number of ether oxygens (including phenoxy) is 1. The molecule has 1 nitrogen and oxygen atoms in total. The second-order valence-corrected chi connectivity index (χ2v) is 6.97. The van der Waals surface area contributed by atoms with E-state index in [0.717, 1.165) is 17.8 Å². The smallest absolute Gasteiger partial charge is 0.0748 e. The summed E-state index contributed by atoms with van der Waals surface area (Å²) >= 11 is 0. The Morgan fingerprint density at radius 3 is 2.57 bits per heavy atom. The van der Waals surface area contributed by atoms with Gasteiger partial charge in [-0.05, 0) is 48.9 Å². The van der Waals surface area contributed by atoms with E-state index < -0.39 is 0 Å². The topological polar surface area (TPSA) is 9.23 Å². The molecule has 14 heavy (non-hydrogen) atoms. The van der Waals surface area contributed by atoms with Crippen molar-refractivity contribution in [3.8, 4) is 0 Å². The van der Waals surface area contributed by atoms with Gasteiger partial charge in [0.1, 0.15) is 0 Å². The number of fused-ring (bicyclic) bond motifs is 1. The fourth-order valence-electron chi connectivity index (χ4n) is 5.66. The molecule has 4 saturated carbocycles. The summed E-state index contributed by atoms with van der Waals surface area (Å²) in [5, 5.41) is 0. The van der Waals surface area contributed by atoms with Crippen LogP contribution in [0.15, 0.2) is 0 Å². The molecular weight excluding hydrogens is 172 g/mol. The Kier molecular flexibility index (Phi) is 1.06. The van der Waals surface area contributed by atoms with E-state index in [1.54, 1.807) is 0 Å². The third-order valence-electron chi connectivity index (χ3n) is 6.10. The zero-order valence-electron chi connectivity index (χ0n) is 9.47. The molecule has 0 aromatic heterocycles. The predicted molar refractivity (Wildman–Crippen MR) is 54.9 cm³/mol. The molecule has 4 fully saturated rings. The summed E-state index contributed by atoms with van der Waals surface area (Å²) in [4.78, 5) is 0. The Hall–Kier alpha value is -0.0400. The van der Waals surface area contributed by atoms with Gasteiger partial charge < -0.3 is 4.74 Å². The third kappa shape index (κ3) is 0.576. The highest BCUT2D eigenvalue weighted by Gasteiger charge is 2.86. The fourth-order valence-corrected chi connectivity index (χ4v) is 5.66. The lowest BCUT2D eigenvalue weighted by molar-refractivity contribution is -0.0639. The molecule has 0 radical (unpaired) electrons. The number of hydrogen-bond donors (Lipinski definition) is 0. The molecule has 78 valence electrons. The van der Waals surface area contributed by atoms with Crippen LogP contribution < -0.4 is 0 Å². The fraction of sp³-hybridized carbons (Fsp3) is 1.00. The molecule has 0 aromatic rings. The summed E-state index contributed by atoms with van der Waals surface area (Å²) in [6.45, 7) is 4.92. The van der Waals surface area contributed by atoms with E-state index in [9.17, 15) is 0 Å². The lowest BCUT2D eigenvalue weighted by Gasteiger charge is -2.35. The van der Waals surface area contributed by atoms with Crippen LogP contribution in [0.25, 0.3) is 0 Å². The first-order valence-corrected chi connectivity index (χ1v) is 6.11. The van der Waals surface area contributed by atoms with Crippen molar-refractivity contribution in [2.75, 3.05) is 7.11 Å². The minimum atomic E-state index is 0.314. The molecule has 4 aliphatic carbocycles. The number of rotatable bonds is 1. The van der Waals surface area contributed by atoms with E-state index in [4.69, 9.17) is 4.74 Å². The summed E-state index contributed by atoms with van der Waals surface area (Å²) in [6, 6.07) is 0. The van der Waals surface area contributed by atoms with Crippen LogP contribution in [0.3, 0.4) is 0 Å². The van der Waals surface area contributed by atoms with Crippen molar-refractivity contribution in [1.82, 2.24) is 0 Å². The van der Waals surface area contributed by atoms with Gasteiger partial charge >= 0.3 is 0 Å². The van der Waals surface area contributed by atoms with E-state index in [0.29, 0.717) is 16.4 Å². The van der Waals surface area contributed by atoms with Gasteiger partial charge in [0.25, 0.3) is 0 Å². The van der Waals surface area contributed by atoms with Crippen molar-refractivity contribution in [2.24, 2.45) is 28.6 Å². The zero-order valence-corrected chi connectivity index (χ0v) is 9.47.